The monoisotopic (exact) mass is 402 g/mol. The minimum atomic E-state index is -0.505. The van der Waals surface area contributed by atoms with Gasteiger partial charge in [0.05, 0.1) is 18.8 Å². The summed E-state index contributed by atoms with van der Waals surface area (Å²) in [5.74, 6) is 1.96. The van der Waals surface area contributed by atoms with Crippen molar-refractivity contribution in [3.8, 4) is 5.75 Å². The number of methoxy groups -OCH3 is 1. The number of hydrogen-bond acceptors (Lipinski definition) is 6. The van der Waals surface area contributed by atoms with Crippen molar-refractivity contribution in [2.45, 2.75) is 25.0 Å². The molecule has 1 aliphatic heterocycles. The first-order valence-corrected chi connectivity index (χ1v) is 9.81. The fourth-order valence-corrected chi connectivity index (χ4v) is 4.41. The summed E-state index contributed by atoms with van der Waals surface area (Å²) >= 11 is 6.03. The molecular weight excluding hydrogens is 380 g/mol. The number of pyridine rings is 1. The van der Waals surface area contributed by atoms with Crippen LogP contribution in [0.25, 0.3) is 0 Å². The first-order chi connectivity index (χ1) is 13.5. The van der Waals surface area contributed by atoms with E-state index in [1.807, 2.05) is 18.2 Å². The zero-order chi connectivity index (χ0) is 19.7. The molecule has 2 aromatic rings. The molecule has 1 aliphatic carbocycles. The van der Waals surface area contributed by atoms with Gasteiger partial charge in [-0.05, 0) is 55.0 Å². The molecule has 2 heterocycles. The number of esters is 1. The second kappa shape index (κ2) is 7.97. The molecule has 0 bridgehead atoms. The minimum Gasteiger partial charge on any atom is -0.488 e. The average molecular weight is 403 g/mol. The van der Waals surface area contributed by atoms with Crippen LogP contribution in [0.3, 0.4) is 0 Å². The van der Waals surface area contributed by atoms with E-state index in [0.717, 1.165) is 25.3 Å². The van der Waals surface area contributed by atoms with E-state index in [2.05, 4.69) is 9.88 Å². The second-order valence-corrected chi connectivity index (χ2v) is 7.91. The first-order valence-electron chi connectivity index (χ1n) is 9.43. The number of halogens is 1. The fourth-order valence-electron chi connectivity index (χ4n) is 4.23. The van der Waals surface area contributed by atoms with E-state index in [1.165, 1.54) is 7.11 Å². The number of ether oxygens (including phenoxy) is 2. The van der Waals surface area contributed by atoms with Gasteiger partial charge in [-0.15, -0.1) is 0 Å². The zero-order valence-corrected chi connectivity index (χ0v) is 16.4. The zero-order valence-electron chi connectivity index (χ0n) is 15.6. The van der Waals surface area contributed by atoms with Crippen molar-refractivity contribution in [1.29, 1.82) is 0 Å². The lowest BCUT2D eigenvalue weighted by Gasteiger charge is -2.35. The SMILES string of the molecule is COC(=O)c1ccc(N2C[C@H]3C[C@@H](Oc4cccc(Cl)c4)[C@H](O)C[C@H]3C2)nc1. The largest absolute Gasteiger partial charge is 0.488 e. The number of aromatic nitrogens is 1. The van der Waals surface area contributed by atoms with Crippen LogP contribution in [-0.4, -0.2) is 48.5 Å². The number of anilines is 1. The van der Waals surface area contributed by atoms with Crippen LogP contribution >= 0.6 is 11.6 Å². The van der Waals surface area contributed by atoms with E-state index in [0.29, 0.717) is 34.6 Å². The van der Waals surface area contributed by atoms with E-state index in [9.17, 15) is 9.90 Å². The molecule has 1 N–H and O–H groups in total. The van der Waals surface area contributed by atoms with E-state index in [-0.39, 0.29) is 6.10 Å². The molecule has 28 heavy (non-hydrogen) atoms. The van der Waals surface area contributed by atoms with Gasteiger partial charge in [0.15, 0.2) is 0 Å². The Balaban J connectivity index is 1.42. The quantitative estimate of drug-likeness (QED) is 0.792. The molecule has 7 heteroatoms. The van der Waals surface area contributed by atoms with E-state index < -0.39 is 12.1 Å². The molecule has 2 fully saturated rings. The Bertz CT molecular complexity index is 845. The summed E-state index contributed by atoms with van der Waals surface area (Å²) in [7, 11) is 1.36. The van der Waals surface area contributed by atoms with Crippen LogP contribution < -0.4 is 9.64 Å². The lowest BCUT2D eigenvalue weighted by Crippen LogP contribution is -2.42. The van der Waals surface area contributed by atoms with Gasteiger partial charge in [0.1, 0.15) is 17.7 Å². The van der Waals surface area contributed by atoms with Gasteiger partial charge in [-0.1, -0.05) is 17.7 Å². The van der Waals surface area contributed by atoms with Crippen molar-refractivity contribution in [3.05, 3.63) is 53.2 Å². The van der Waals surface area contributed by atoms with Crippen molar-refractivity contribution >= 4 is 23.4 Å². The molecule has 1 aromatic carbocycles. The van der Waals surface area contributed by atoms with Crippen LogP contribution in [0.1, 0.15) is 23.2 Å². The number of rotatable bonds is 4. The Hall–Kier alpha value is -2.31. The van der Waals surface area contributed by atoms with Gasteiger partial charge >= 0.3 is 5.97 Å². The molecule has 1 saturated carbocycles. The molecule has 0 unspecified atom stereocenters. The van der Waals surface area contributed by atoms with E-state index in [4.69, 9.17) is 21.1 Å². The van der Waals surface area contributed by atoms with Crippen molar-refractivity contribution in [2.24, 2.45) is 11.8 Å². The molecule has 0 radical (unpaired) electrons. The third kappa shape index (κ3) is 3.93. The van der Waals surface area contributed by atoms with Crippen LogP contribution in [0.15, 0.2) is 42.6 Å². The normalized spacial score (nSPS) is 26.6. The van der Waals surface area contributed by atoms with Gasteiger partial charge < -0.3 is 19.5 Å². The predicted molar refractivity (Wildman–Crippen MR) is 106 cm³/mol. The predicted octanol–water partition coefficient (Wildman–Crippen LogP) is 3.18. The number of fused-ring (bicyclic) bond motifs is 1. The van der Waals surface area contributed by atoms with Crippen LogP contribution in [0.2, 0.25) is 5.02 Å². The molecular formula is C21H23ClN2O4. The fraction of sp³-hybridized carbons (Fsp3) is 0.429. The molecule has 1 aromatic heterocycles. The summed E-state index contributed by atoms with van der Waals surface area (Å²) in [6, 6.07) is 10.9. The highest BCUT2D eigenvalue weighted by atomic mass is 35.5. The number of carbonyl (C=O) groups excluding carboxylic acids is 1. The maximum atomic E-state index is 11.6. The summed E-state index contributed by atoms with van der Waals surface area (Å²) < 4.78 is 10.7. The highest BCUT2D eigenvalue weighted by Gasteiger charge is 2.43. The Labute approximate surface area is 169 Å². The molecule has 4 rings (SSSR count). The number of aliphatic hydroxyl groups excluding tert-OH is 1. The summed E-state index contributed by atoms with van der Waals surface area (Å²) in [6.07, 6.45) is 2.29. The Kier molecular flexibility index (Phi) is 5.42. The van der Waals surface area contributed by atoms with E-state index >= 15 is 0 Å². The molecule has 0 spiro atoms. The lowest BCUT2D eigenvalue weighted by atomic mass is 9.78. The Morgan fingerprint density at radius 3 is 2.68 bits per heavy atom. The molecule has 1 saturated heterocycles. The Morgan fingerprint density at radius 2 is 2.00 bits per heavy atom. The number of carbonyl (C=O) groups is 1. The smallest absolute Gasteiger partial charge is 0.339 e. The third-order valence-electron chi connectivity index (χ3n) is 5.66. The van der Waals surface area contributed by atoms with Crippen LogP contribution in [-0.2, 0) is 4.74 Å². The maximum Gasteiger partial charge on any atom is 0.339 e. The maximum absolute atomic E-state index is 11.6. The van der Waals surface area contributed by atoms with Crippen molar-refractivity contribution in [3.63, 3.8) is 0 Å². The van der Waals surface area contributed by atoms with Gasteiger partial charge in [-0.3, -0.25) is 0 Å². The van der Waals surface area contributed by atoms with Crippen molar-refractivity contribution < 1.29 is 19.4 Å². The highest BCUT2D eigenvalue weighted by molar-refractivity contribution is 6.30. The Morgan fingerprint density at radius 1 is 1.21 bits per heavy atom. The number of aliphatic hydroxyl groups is 1. The summed E-state index contributed by atoms with van der Waals surface area (Å²) in [5, 5.41) is 11.2. The minimum absolute atomic E-state index is 0.241. The van der Waals surface area contributed by atoms with Crippen molar-refractivity contribution in [2.75, 3.05) is 25.1 Å². The highest BCUT2D eigenvalue weighted by Crippen LogP contribution is 2.39. The van der Waals surface area contributed by atoms with Gasteiger partial charge in [-0.2, -0.15) is 0 Å². The van der Waals surface area contributed by atoms with Gasteiger partial charge in [-0.25, -0.2) is 9.78 Å². The van der Waals surface area contributed by atoms with Gasteiger partial charge in [0.2, 0.25) is 0 Å². The molecule has 2 aliphatic rings. The van der Waals surface area contributed by atoms with Crippen LogP contribution in [0, 0.1) is 11.8 Å². The first kappa shape index (κ1) is 19.0. The molecule has 6 nitrogen and oxygen atoms in total. The van der Waals surface area contributed by atoms with Crippen LogP contribution in [0.4, 0.5) is 5.82 Å². The number of hydrogen-bond donors (Lipinski definition) is 1. The standard InChI is InChI=1S/C21H23ClN2O4/c1-27-21(26)13-5-6-20(23-10-13)24-11-14-7-18(25)19(8-15(14)12-24)28-17-4-2-3-16(22)9-17/h2-6,9-10,14-15,18-19,25H,7-8,11-12H2,1H3/t14-,15+,18+,19+/m0/s1. The topological polar surface area (TPSA) is 71.9 Å². The summed E-state index contributed by atoms with van der Waals surface area (Å²) in [5.41, 5.74) is 0.438. The van der Waals surface area contributed by atoms with E-state index in [1.54, 1.807) is 24.4 Å². The molecule has 148 valence electrons. The number of nitrogens with zero attached hydrogens (tertiary/aromatic N) is 2. The summed E-state index contributed by atoms with van der Waals surface area (Å²) in [6.45, 7) is 1.70. The number of benzene rings is 1. The third-order valence-corrected chi connectivity index (χ3v) is 5.90. The van der Waals surface area contributed by atoms with Gasteiger partial charge in [0, 0.05) is 24.3 Å². The average Bonchev–Trinajstić information content (AvgIpc) is 3.10. The summed E-state index contributed by atoms with van der Waals surface area (Å²) in [4.78, 5) is 18.2. The van der Waals surface area contributed by atoms with Crippen molar-refractivity contribution in [1.82, 2.24) is 4.98 Å². The lowest BCUT2D eigenvalue weighted by molar-refractivity contribution is -0.0231. The molecule has 4 atom stereocenters. The molecule has 0 amide bonds. The van der Waals surface area contributed by atoms with Gasteiger partial charge in [0.25, 0.3) is 0 Å². The van der Waals surface area contributed by atoms with Crippen LogP contribution in [0.5, 0.6) is 5.75 Å². The second-order valence-electron chi connectivity index (χ2n) is 7.47.